The van der Waals surface area contributed by atoms with Crippen LogP contribution in [-0.4, -0.2) is 41.6 Å². The number of hydrogen-bond acceptors (Lipinski definition) is 5. The van der Waals surface area contributed by atoms with Gasteiger partial charge in [-0.3, -0.25) is 14.6 Å². The lowest BCUT2D eigenvalue weighted by atomic mass is 10.2. The number of benzene rings is 1. The van der Waals surface area contributed by atoms with Gasteiger partial charge in [0.1, 0.15) is 5.69 Å². The average Bonchev–Trinajstić information content (AvgIpc) is 3.10. The zero-order valence-corrected chi connectivity index (χ0v) is 14.1. The highest BCUT2D eigenvalue weighted by atomic mass is 16.7. The van der Waals surface area contributed by atoms with E-state index in [4.69, 9.17) is 9.47 Å². The summed E-state index contributed by atoms with van der Waals surface area (Å²) in [5.41, 5.74) is 1.18. The Labute approximate surface area is 145 Å². The number of ether oxygens (including phenoxy) is 2. The summed E-state index contributed by atoms with van der Waals surface area (Å²) >= 11 is 0. The molecule has 0 bridgehead atoms. The van der Waals surface area contributed by atoms with Crippen LogP contribution in [0.2, 0.25) is 0 Å². The van der Waals surface area contributed by atoms with E-state index in [0.717, 1.165) is 0 Å². The van der Waals surface area contributed by atoms with Crippen molar-refractivity contribution in [3.05, 3.63) is 47.8 Å². The normalized spacial score (nSPS) is 11.9. The molecule has 0 fully saturated rings. The van der Waals surface area contributed by atoms with Crippen molar-refractivity contribution in [1.82, 2.24) is 9.88 Å². The number of nitrogens with zero attached hydrogens (tertiary/aromatic N) is 2. The van der Waals surface area contributed by atoms with Crippen molar-refractivity contribution in [2.75, 3.05) is 25.2 Å². The van der Waals surface area contributed by atoms with Gasteiger partial charge in [0.15, 0.2) is 11.5 Å². The second-order valence-electron chi connectivity index (χ2n) is 5.43. The van der Waals surface area contributed by atoms with E-state index >= 15 is 0 Å². The fourth-order valence-electron chi connectivity index (χ4n) is 2.55. The molecule has 1 aliphatic heterocycles. The van der Waals surface area contributed by atoms with Crippen molar-refractivity contribution in [1.29, 1.82) is 0 Å². The van der Waals surface area contributed by atoms with Crippen molar-refractivity contribution in [3.8, 4) is 11.5 Å². The Bertz CT molecular complexity index is 803. The number of rotatable bonds is 5. The van der Waals surface area contributed by atoms with Crippen LogP contribution in [0.5, 0.6) is 11.5 Å². The van der Waals surface area contributed by atoms with Gasteiger partial charge in [-0.2, -0.15) is 0 Å². The molecule has 3 rings (SSSR count). The largest absolute Gasteiger partial charge is 0.454 e. The molecule has 0 radical (unpaired) electrons. The first-order chi connectivity index (χ1) is 12.1. The minimum absolute atomic E-state index is 0.121. The number of amides is 2. The van der Waals surface area contributed by atoms with Gasteiger partial charge in [0.25, 0.3) is 11.8 Å². The number of anilines is 1. The highest BCUT2D eigenvalue weighted by Crippen LogP contribution is 2.34. The van der Waals surface area contributed by atoms with Crippen LogP contribution in [0, 0.1) is 0 Å². The van der Waals surface area contributed by atoms with Crippen molar-refractivity contribution in [3.63, 3.8) is 0 Å². The summed E-state index contributed by atoms with van der Waals surface area (Å²) in [5, 5.41) is 2.75. The molecule has 1 aliphatic rings. The Hall–Kier alpha value is -3.09. The van der Waals surface area contributed by atoms with Crippen LogP contribution < -0.4 is 14.8 Å². The molecule has 25 heavy (non-hydrogen) atoms. The molecule has 7 nitrogen and oxygen atoms in total. The van der Waals surface area contributed by atoms with Gasteiger partial charge in [0.05, 0.1) is 0 Å². The minimum atomic E-state index is -0.395. The van der Waals surface area contributed by atoms with E-state index < -0.39 is 5.91 Å². The summed E-state index contributed by atoms with van der Waals surface area (Å²) in [6.45, 7) is 5.21. The van der Waals surface area contributed by atoms with Gasteiger partial charge in [0, 0.05) is 36.6 Å². The minimum Gasteiger partial charge on any atom is -0.454 e. The van der Waals surface area contributed by atoms with Crippen LogP contribution >= 0.6 is 0 Å². The van der Waals surface area contributed by atoms with Crippen molar-refractivity contribution >= 4 is 17.5 Å². The molecule has 1 aromatic carbocycles. The lowest BCUT2D eigenvalue weighted by Crippen LogP contribution is -2.30. The quantitative estimate of drug-likeness (QED) is 0.904. The number of aromatic nitrogens is 1. The first-order valence-electron chi connectivity index (χ1n) is 8.08. The predicted molar refractivity (Wildman–Crippen MR) is 92.0 cm³/mol. The number of carbonyl (C=O) groups is 2. The number of hydrogen-bond donors (Lipinski definition) is 1. The Kier molecular flexibility index (Phi) is 4.83. The van der Waals surface area contributed by atoms with Crippen LogP contribution in [0.25, 0.3) is 0 Å². The molecule has 2 amide bonds. The predicted octanol–water partition coefficient (Wildman–Crippen LogP) is 2.54. The third kappa shape index (κ3) is 3.55. The number of pyridine rings is 1. The highest BCUT2D eigenvalue weighted by Gasteiger charge is 2.17. The summed E-state index contributed by atoms with van der Waals surface area (Å²) in [4.78, 5) is 30.6. The van der Waals surface area contributed by atoms with Crippen LogP contribution in [-0.2, 0) is 0 Å². The van der Waals surface area contributed by atoms with Gasteiger partial charge >= 0.3 is 0 Å². The molecule has 0 saturated heterocycles. The zero-order chi connectivity index (χ0) is 17.8. The molecule has 0 aliphatic carbocycles. The van der Waals surface area contributed by atoms with Crippen molar-refractivity contribution < 1.29 is 19.1 Å². The van der Waals surface area contributed by atoms with E-state index in [-0.39, 0.29) is 18.4 Å². The summed E-state index contributed by atoms with van der Waals surface area (Å²) in [6, 6.07) is 8.24. The molecule has 0 saturated carbocycles. The Morgan fingerprint density at radius 1 is 1.12 bits per heavy atom. The average molecular weight is 341 g/mol. The first-order valence-corrected chi connectivity index (χ1v) is 8.08. The smallest absolute Gasteiger partial charge is 0.274 e. The Morgan fingerprint density at radius 2 is 1.88 bits per heavy atom. The van der Waals surface area contributed by atoms with Gasteiger partial charge in [0.2, 0.25) is 6.79 Å². The second kappa shape index (κ2) is 7.21. The van der Waals surface area contributed by atoms with Crippen LogP contribution in [0.4, 0.5) is 5.69 Å². The molecule has 1 N–H and O–H groups in total. The third-order valence-corrected chi connectivity index (χ3v) is 3.92. The molecule has 0 spiro atoms. The third-order valence-electron chi connectivity index (χ3n) is 3.92. The lowest BCUT2D eigenvalue weighted by molar-refractivity contribution is 0.0773. The monoisotopic (exact) mass is 341 g/mol. The molecule has 1 aromatic heterocycles. The fourth-order valence-corrected chi connectivity index (χ4v) is 2.55. The van der Waals surface area contributed by atoms with Gasteiger partial charge in [-0.15, -0.1) is 0 Å². The lowest BCUT2D eigenvalue weighted by Gasteiger charge is -2.18. The zero-order valence-electron chi connectivity index (χ0n) is 14.1. The maximum absolute atomic E-state index is 12.4. The van der Waals surface area contributed by atoms with Gasteiger partial charge in [-0.25, -0.2) is 0 Å². The summed E-state index contributed by atoms with van der Waals surface area (Å²) in [7, 11) is 0. The number of nitrogens with one attached hydrogen (secondary N) is 1. The summed E-state index contributed by atoms with van der Waals surface area (Å²) in [6.07, 6.45) is 1.46. The molecule has 2 heterocycles. The molecular weight excluding hydrogens is 322 g/mol. The van der Waals surface area contributed by atoms with Crippen molar-refractivity contribution in [2.45, 2.75) is 13.8 Å². The highest BCUT2D eigenvalue weighted by molar-refractivity contribution is 6.04. The van der Waals surface area contributed by atoms with E-state index in [2.05, 4.69) is 10.3 Å². The second-order valence-corrected chi connectivity index (χ2v) is 5.43. The van der Waals surface area contributed by atoms with E-state index in [0.29, 0.717) is 35.8 Å². The maximum atomic E-state index is 12.4. The van der Waals surface area contributed by atoms with Crippen molar-refractivity contribution in [2.24, 2.45) is 0 Å². The molecule has 7 heteroatoms. The van der Waals surface area contributed by atoms with Crippen LogP contribution in [0.15, 0.2) is 36.5 Å². The summed E-state index contributed by atoms with van der Waals surface area (Å²) < 4.78 is 10.5. The van der Waals surface area contributed by atoms with E-state index in [1.54, 1.807) is 29.2 Å². The fraction of sp³-hybridized carbons (Fsp3) is 0.278. The summed E-state index contributed by atoms with van der Waals surface area (Å²) in [5.74, 6) is 0.705. The topological polar surface area (TPSA) is 80.8 Å². The number of carbonyl (C=O) groups excluding carboxylic acids is 2. The molecular formula is C18H19N3O4. The Balaban J connectivity index is 1.76. The number of fused-ring (bicyclic) bond motifs is 1. The van der Waals surface area contributed by atoms with Gasteiger partial charge in [-0.1, -0.05) is 0 Å². The van der Waals surface area contributed by atoms with E-state index in [1.807, 2.05) is 13.8 Å². The van der Waals surface area contributed by atoms with Crippen LogP contribution in [0.3, 0.4) is 0 Å². The SMILES string of the molecule is CCN(CC)C(=O)c1ccnc(C(=O)Nc2ccc3c(c2)OCO3)c1. The maximum Gasteiger partial charge on any atom is 0.274 e. The van der Waals surface area contributed by atoms with E-state index in [1.165, 1.54) is 12.3 Å². The Morgan fingerprint density at radius 3 is 2.64 bits per heavy atom. The van der Waals surface area contributed by atoms with Gasteiger partial charge in [-0.05, 0) is 38.1 Å². The first kappa shape index (κ1) is 16.8. The molecule has 0 unspecified atom stereocenters. The van der Waals surface area contributed by atoms with E-state index in [9.17, 15) is 9.59 Å². The standard InChI is InChI=1S/C18H19N3O4/c1-3-21(4-2)18(23)12-7-8-19-14(9-12)17(22)20-13-5-6-15-16(10-13)25-11-24-15/h5-10H,3-4,11H2,1-2H3,(H,20,22). The van der Waals surface area contributed by atoms with Crippen LogP contribution in [0.1, 0.15) is 34.7 Å². The van der Waals surface area contributed by atoms with Gasteiger partial charge < -0.3 is 19.7 Å². The molecule has 0 atom stereocenters. The molecule has 130 valence electrons. The molecule has 2 aromatic rings.